The number of rotatable bonds is 4. The van der Waals surface area contributed by atoms with Crippen LogP contribution in [-0.2, 0) is 14.6 Å². The molecule has 2 unspecified atom stereocenters. The summed E-state index contributed by atoms with van der Waals surface area (Å²) in [4.78, 5) is 12.8. The summed E-state index contributed by atoms with van der Waals surface area (Å²) >= 11 is 0. The van der Waals surface area contributed by atoms with E-state index in [-0.39, 0.29) is 17.5 Å². The third kappa shape index (κ3) is 3.73. The van der Waals surface area contributed by atoms with E-state index >= 15 is 0 Å². The molecule has 6 nitrogen and oxygen atoms in total. The third-order valence-corrected chi connectivity index (χ3v) is 4.70. The summed E-state index contributed by atoms with van der Waals surface area (Å²) in [6.45, 7) is 2.99. The molecule has 1 aliphatic heterocycles. The molecule has 1 aliphatic rings. The zero-order valence-electron chi connectivity index (χ0n) is 9.43. The predicted octanol–water partition coefficient (Wildman–Crippen LogP) is -1.69. The molecule has 0 aromatic carbocycles. The lowest BCUT2D eigenvalue weighted by atomic mass is 10.2. The number of carbonyl (C=O) groups excluding carboxylic acids is 1. The van der Waals surface area contributed by atoms with Crippen LogP contribution in [0.3, 0.4) is 0 Å². The van der Waals surface area contributed by atoms with Gasteiger partial charge in [-0.3, -0.25) is 9.69 Å². The molecular formula is C9H19N3O3S. The monoisotopic (exact) mass is 249 g/mol. The Morgan fingerprint density at radius 1 is 1.56 bits per heavy atom. The van der Waals surface area contributed by atoms with Gasteiger partial charge in [0.25, 0.3) is 0 Å². The summed E-state index contributed by atoms with van der Waals surface area (Å²) in [5.41, 5.74) is 10.6. The molecule has 94 valence electrons. The molecule has 0 aromatic heterocycles. The third-order valence-electron chi connectivity index (χ3n) is 2.90. The Balaban J connectivity index is 2.42. The number of hydrogen-bond donors (Lipinski definition) is 2. The molecule has 0 aromatic rings. The van der Waals surface area contributed by atoms with Crippen molar-refractivity contribution in [3.63, 3.8) is 0 Å². The fraction of sp³-hybridized carbons (Fsp3) is 0.889. The molecule has 0 aliphatic carbocycles. The van der Waals surface area contributed by atoms with Crippen LogP contribution >= 0.6 is 0 Å². The molecule has 0 radical (unpaired) electrons. The van der Waals surface area contributed by atoms with Crippen LogP contribution in [0.4, 0.5) is 0 Å². The molecule has 0 spiro atoms. The molecule has 1 heterocycles. The van der Waals surface area contributed by atoms with Crippen molar-refractivity contribution in [2.75, 3.05) is 24.6 Å². The topological polar surface area (TPSA) is 106 Å². The smallest absolute Gasteiger partial charge is 0.234 e. The maximum absolute atomic E-state index is 11.3. The number of sulfone groups is 1. The van der Waals surface area contributed by atoms with E-state index in [2.05, 4.69) is 0 Å². The van der Waals surface area contributed by atoms with Crippen molar-refractivity contribution < 1.29 is 13.2 Å². The highest BCUT2D eigenvalue weighted by atomic mass is 32.2. The molecule has 2 atom stereocenters. The number of primary amides is 1. The summed E-state index contributed by atoms with van der Waals surface area (Å²) in [6.07, 6.45) is 0.472. The highest BCUT2D eigenvalue weighted by Gasteiger charge is 2.28. The lowest BCUT2D eigenvalue weighted by Gasteiger charge is -2.33. The van der Waals surface area contributed by atoms with Crippen molar-refractivity contribution in [1.29, 1.82) is 0 Å². The van der Waals surface area contributed by atoms with Gasteiger partial charge in [0.15, 0.2) is 9.84 Å². The van der Waals surface area contributed by atoms with Crippen LogP contribution in [0.25, 0.3) is 0 Å². The van der Waals surface area contributed by atoms with Crippen molar-refractivity contribution in [2.24, 2.45) is 11.5 Å². The highest BCUT2D eigenvalue weighted by Crippen LogP contribution is 2.11. The maximum atomic E-state index is 11.3. The lowest BCUT2D eigenvalue weighted by Crippen LogP contribution is -2.49. The van der Waals surface area contributed by atoms with Crippen LogP contribution in [0, 0.1) is 0 Å². The average molecular weight is 249 g/mol. The normalized spacial score (nSPS) is 27.5. The minimum atomic E-state index is -2.88. The maximum Gasteiger partial charge on any atom is 0.234 e. The second-order valence-electron chi connectivity index (χ2n) is 4.30. The van der Waals surface area contributed by atoms with Gasteiger partial charge in [0.05, 0.1) is 17.5 Å². The van der Waals surface area contributed by atoms with Crippen LogP contribution in [0.1, 0.15) is 13.3 Å². The zero-order chi connectivity index (χ0) is 12.3. The first-order valence-electron chi connectivity index (χ1n) is 5.31. The number of amides is 1. The zero-order valence-corrected chi connectivity index (χ0v) is 10.2. The molecule has 1 fully saturated rings. The SMILES string of the molecule is CC1CS(=O)(=O)CCN1CCC(N)C(N)=O. The number of nitrogens with zero attached hydrogens (tertiary/aromatic N) is 1. The molecule has 0 saturated carbocycles. The average Bonchev–Trinajstić information content (AvgIpc) is 2.14. The minimum Gasteiger partial charge on any atom is -0.368 e. The Bertz CT molecular complexity index is 355. The van der Waals surface area contributed by atoms with Gasteiger partial charge in [-0.05, 0) is 13.3 Å². The molecule has 1 amide bonds. The van der Waals surface area contributed by atoms with Gasteiger partial charge in [0, 0.05) is 19.1 Å². The Morgan fingerprint density at radius 3 is 2.69 bits per heavy atom. The van der Waals surface area contributed by atoms with E-state index in [1.165, 1.54) is 0 Å². The summed E-state index contributed by atoms with van der Waals surface area (Å²) in [5.74, 6) is -0.153. The van der Waals surface area contributed by atoms with Gasteiger partial charge in [-0.25, -0.2) is 8.42 Å². The molecular weight excluding hydrogens is 230 g/mol. The standard InChI is InChI=1S/C9H19N3O3S/c1-7-6-16(14,15)5-4-12(7)3-2-8(10)9(11)13/h7-8H,2-6,10H2,1H3,(H2,11,13). The Kier molecular flexibility index (Phi) is 4.28. The second kappa shape index (κ2) is 5.11. The van der Waals surface area contributed by atoms with Gasteiger partial charge >= 0.3 is 0 Å². The van der Waals surface area contributed by atoms with Crippen molar-refractivity contribution in [3.05, 3.63) is 0 Å². The van der Waals surface area contributed by atoms with Crippen LogP contribution in [0.15, 0.2) is 0 Å². The van der Waals surface area contributed by atoms with Crippen molar-refractivity contribution in [1.82, 2.24) is 4.90 Å². The van der Waals surface area contributed by atoms with E-state index in [0.29, 0.717) is 19.5 Å². The van der Waals surface area contributed by atoms with E-state index in [9.17, 15) is 13.2 Å². The van der Waals surface area contributed by atoms with E-state index in [1.54, 1.807) is 0 Å². The first-order valence-corrected chi connectivity index (χ1v) is 7.13. The Hall–Kier alpha value is -0.660. The summed E-state index contributed by atoms with van der Waals surface area (Å²) < 4.78 is 22.7. The van der Waals surface area contributed by atoms with E-state index in [1.807, 2.05) is 11.8 Å². The van der Waals surface area contributed by atoms with E-state index in [4.69, 9.17) is 11.5 Å². The van der Waals surface area contributed by atoms with Gasteiger partial charge in [-0.1, -0.05) is 0 Å². The molecule has 4 N–H and O–H groups in total. The lowest BCUT2D eigenvalue weighted by molar-refractivity contribution is -0.119. The highest BCUT2D eigenvalue weighted by molar-refractivity contribution is 7.91. The largest absolute Gasteiger partial charge is 0.368 e. The number of hydrogen-bond acceptors (Lipinski definition) is 5. The van der Waals surface area contributed by atoms with E-state index < -0.39 is 21.8 Å². The molecule has 16 heavy (non-hydrogen) atoms. The number of nitrogens with two attached hydrogens (primary N) is 2. The summed E-state index contributed by atoms with van der Waals surface area (Å²) in [6, 6.07) is -0.662. The minimum absolute atomic E-state index is 0.0150. The molecule has 1 rings (SSSR count). The van der Waals surface area contributed by atoms with E-state index in [0.717, 1.165) is 0 Å². The van der Waals surface area contributed by atoms with Crippen molar-refractivity contribution >= 4 is 15.7 Å². The van der Waals surface area contributed by atoms with Crippen LogP contribution < -0.4 is 11.5 Å². The van der Waals surface area contributed by atoms with Crippen molar-refractivity contribution in [3.8, 4) is 0 Å². The molecule has 7 heteroatoms. The van der Waals surface area contributed by atoms with Gasteiger partial charge in [-0.15, -0.1) is 0 Å². The van der Waals surface area contributed by atoms with Crippen LogP contribution in [0.5, 0.6) is 0 Å². The summed E-state index contributed by atoms with van der Waals surface area (Å²) in [5, 5.41) is 0. The van der Waals surface area contributed by atoms with Gasteiger partial charge < -0.3 is 11.5 Å². The van der Waals surface area contributed by atoms with Gasteiger partial charge in [0.1, 0.15) is 0 Å². The Morgan fingerprint density at radius 2 is 2.19 bits per heavy atom. The van der Waals surface area contributed by atoms with Gasteiger partial charge in [0.2, 0.25) is 5.91 Å². The van der Waals surface area contributed by atoms with Crippen LogP contribution in [0.2, 0.25) is 0 Å². The number of carbonyl (C=O) groups is 1. The summed E-state index contributed by atoms with van der Waals surface area (Å²) in [7, 11) is -2.88. The second-order valence-corrected chi connectivity index (χ2v) is 6.53. The fourth-order valence-corrected chi connectivity index (χ4v) is 3.44. The fourth-order valence-electron chi connectivity index (χ4n) is 1.81. The first-order chi connectivity index (χ1) is 7.32. The quantitative estimate of drug-likeness (QED) is 0.618. The molecule has 0 bridgehead atoms. The van der Waals surface area contributed by atoms with Gasteiger partial charge in [-0.2, -0.15) is 0 Å². The predicted molar refractivity (Wildman–Crippen MR) is 61.5 cm³/mol. The molecule has 1 saturated heterocycles. The first kappa shape index (κ1) is 13.4. The van der Waals surface area contributed by atoms with Crippen LogP contribution in [-0.4, -0.2) is 55.9 Å². The van der Waals surface area contributed by atoms with Crippen molar-refractivity contribution in [2.45, 2.75) is 25.4 Å². The Labute approximate surface area is 95.9 Å².